The fraction of sp³-hybridized carbons (Fsp3) is 0.565. The lowest BCUT2D eigenvalue weighted by molar-refractivity contribution is -0.0519. The summed E-state index contributed by atoms with van der Waals surface area (Å²) in [6, 6.07) is -0.669. The van der Waals surface area contributed by atoms with Crippen LogP contribution in [0, 0.1) is 11.8 Å². The largest absolute Gasteiger partial charge is 0.388 e. The molecule has 46 heavy (non-hydrogen) atoms. The van der Waals surface area contributed by atoms with Gasteiger partial charge in [-0.1, -0.05) is 24.5 Å². The second-order valence-corrected chi connectivity index (χ2v) is 17.9. The number of hydrogen-bond donors (Lipinski definition) is 6. The first-order valence-corrected chi connectivity index (χ1v) is 19.7. The maximum absolute atomic E-state index is 14.0. The van der Waals surface area contributed by atoms with Crippen molar-refractivity contribution in [1.29, 1.82) is 0 Å². The SMILES string of the molecule is CO[C@H]1[C@H]2C[P@@](=O)(S)OCC3C[C@@H](n4cnc5c(N)ncnc54)[C@H](O)[C@@H]3O[P@@](=O)(S)OC[C@H]1O[C@H]2n1cnc2c(=O)[nH]c(N)nc21. The molecule has 0 amide bonds. The molecule has 7 rings (SSSR count). The van der Waals surface area contributed by atoms with Gasteiger partial charge in [0.1, 0.15) is 36.4 Å². The van der Waals surface area contributed by atoms with Crippen LogP contribution in [0.5, 0.6) is 0 Å². The summed E-state index contributed by atoms with van der Waals surface area (Å²) in [7, 11) is 1.43. The Morgan fingerprint density at radius 1 is 1.07 bits per heavy atom. The predicted octanol–water partition coefficient (Wildman–Crippen LogP) is 1.17. The summed E-state index contributed by atoms with van der Waals surface area (Å²) in [4.78, 5) is 35.7. The Bertz CT molecular complexity index is 1960. The van der Waals surface area contributed by atoms with Crippen LogP contribution in [-0.4, -0.2) is 95.0 Å². The number of H-pyrrole nitrogens is 1. The van der Waals surface area contributed by atoms with Gasteiger partial charge in [0, 0.05) is 25.1 Å². The number of fused-ring (bicyclic) bond motifs is 5. The van der Waals surface area contributed by atoms with Crippen molar-refractivity contribution in [2.45, 2.75) is 43.1 Å². The molecule has 4 aromatic rings. The summed E-state index contributed by atoms with van der Waals surface area (Å²) in [6.45, 7) is -8.41. The standard InChI is InChI=1S/C23H30N10O9P2S2/c1-38-17-10-5-43(36,45)39-3-9-2-11(32-7-28-13-18(24)26-6-27-19(13)32)15(34)16(9)42-44(37,46)40-4-12(17)41-22(10)33-8-29-14-20(33)30-23(25)31-21(14)35/h6-12,15-17,22,34H,2-5H2,1H3,(H,36,45)(H,37,46)(H2,24,26,27)(H3,25,30,31,35)/t9?,10-,11-,12-,15+,16-,17+,22-,43+,44+/m1/s1. The highest BCUT2D eigenvalue weighted by Gasteiger charge is 2.52. The number of aromatic amines is 1. The average molecular weight is 717 g/mol. The molecule has 0 spiro atoms. The van der Waals surface area contributed by atoms with Gasteiger partial charge in [0.25, 0.3) is 12.1 Å². The van der Waals surface area contributed by atoms with Crippen LogP contribution in [0.2, 0.25) is 0 Å². The van der Waals surface area contributed by atoms with E-state index >= 15 is 0 Å². The number of rotatable bonds is 3. The third kappa shape index (κ3) is 5.65. The zero-order valence-corrected chi connectivity index (χ0v) is 27.5. The van der Waals surface area contributed by atoms with E-state index in [0.29, 0.717) is 11.2 Å². The lowest BCUT2D eigenvalue weighted by Crippen LogP contribution is -2.34. The van der Waals surface area contributed by atoms with E-state index in [-0.39, 0.29) is 48.7 Å². The molecule has 6 heterocycles. The van der Waals surface area contributed by atoms with Crippen molar-refractivity contribution < 1.29 is 37.3 Å². The van der Waals surface area contributed by atoms with Gasteiger partial charge in [-0.3, -0.25) is 28.0 Å². The van der Waals surface area contributed by atoms with Crippen molar-refractivity contribution in [3.05, 3.63) is 29.3 Å². The normalized spacial score (nSPS) is 37.1. The highest BCUT2D eigenvalue weighted by molar-refractivity contribution is 8.46. The molecule has 0 radical (unpaired) electrons. The molecule has 3 fully saturated rings. The summed E-state index contributed by atoms with van der Waals surface area (Å²) in [5.74, 6) is -1.31. The van der Waals surface area contributed by atoms with E-state index in [9.17, 15) is 19.0 Å². The molecular formula is C23H30N10O9P2S2. The van der Waals surface area contributed by atoms with Crippen LogP contribution < -0.4 is 17.0 Å². The Balaban J connectivity index is 1.22. The molecule has 23 heteroatoms. The van der Waals surface area contributed by atoms with Gasteiger partial charge in [0.15, 0.2) is 22.6 Å². The summed E-state index contributed by atoms with van der Waals surface area (Å²) >= 11 is 8.65. The number of aromatic nitrogens is 8. The number of nitrogens with one attached hydrogen (secondary N) is 1. The number of anilines is 2. The van der Waals surface area contributed by atoms with Crippen LogP contribution in [0.25, 0.3) is 22.3 Å². The van der Waals surface area contributed by atoms with Crippen molar-refractivity contribution in [2.75, 3.05) is 38.0 Å². The Labute approximate surface area is 270 Å². The Kier molecular flexibility index (Phi) is 8.23. The van der Waals surface area contributed by atoms with Gasteiger partial charge >= 0.3 is 6.80 Å². The quantitative estimate of drug-likeness (QED) is 0.128. The number of ether oxygens (including phenoxy) is 2. The van der Waals surface area contributed by atoms with Crippen molar-refractivity contribution in [3.63, 3.8) is 0 Å². The van der Waals surface area contributed by atoms with Crippen molar-refractivity contribution in [1.82, 2.24) is 39.0 Å². The second-order valence-electron chi connectivity index (χ2n) is 11.3. The van der Waals surface area contributed by atoms with E-state index in [4.69, 9.17) is 34.5 Å². The molecule has 2 saturated heterocycles. The molecule has 1 unspecified atom stereocenters. The van der Waals surface area contributed by atoms with Crippen LogP contribution in [0.4, 0.5) is 11.8 Å². The number of nitrogen functional groups attached to an aromatic ring is 2. The molecule has 2 aliphatic heterocycles. The van der Waals surface area contributed by atoms with E-state index in [1.54, 1.807) is 4.57 Å². The first kappa shape index (κ1) is 32.0. The number of hydrogen-bond acceptors (Lipinski definition) is 16. The molecule has 3 aliphatic rings. The zero-order valence-electron chi connectivity index (χ0n) is 24.0. The minimum atomic E-state index is -4.16. The highest BCUT2D eigenvalue weighted by Crippen LogP contribution is 2.61. The fourth-order valence-corrected chi connectivity index (χ4v) is 10.3. The summed E-state index contributed by atoms with van der Waals surface area (Å²) < 4.78 is 60.3. The minimum absolute atomic E-state index is 0.0124. The third-order valence-electron chi connectivity index (χ3n) is 8.54. The van der Waals surface area contributed by atoms with Gasteiger partial charge in [-0.05, 0) is 6.42 Å². The summed E-state index contributed by atoms with van der Waals surface area (Å²) in [6.07, 6.45) is -0.812. The van der Waals surface area contributed by atoms with E-state index in [0.717, 1.165) is 0 Å². The molecule has 1 saturated carbocycles. The number of imidazole rings is 2. The molecule has 6 N–H and O–H groups in total. The molecule has 1 aliphatic carbocycles. The van der Waals surface area contributed by atoms with Gasteiger partial charge in [0.2, 0.25) is 5.95 Å². The minimum Gasteiger partial charge on any atom is -0.388 e. The van der Waals surface area contributed by atoms with Gasteiger partial charge in [-0.15, -0.1) is 0 Å². The van der Waals surface area contributed by atoms with E-state index in [1.807, 2.05) is 0 Å². The van der Waals surface area contributed by atoms with Gasteiger partial charge in [-0.2, -0.15) is 4.98 Å². The molecule has 248 valence electrons. The zero-order chi connectivity index (χ0) is 32.5. The van der Waals surface area contributed by atoms with E-state index in [1.165, 1.54) is 30.7 Å². The first-order chi connectivity index (χ1) is 21.9. The van der Waals surface area contributed by atoms with Crippen LogP contribution >= 0.6 is 37.9 Å². The number of nitrogens with two attached hydrogens (primary N) is 2. The second kappa shape index (κ2) is 11.8. The van der Waals surface area contributed by atoms with Crippen LogP contribution in [0.1, 0.15) is 18.7 Å². The molecule has 4 aromatic heterocycles. The number of thiol groups is 2. The number of methoxy groups -OCH3 is 1. The van der Waals surface area contributed by atoms with Crippen molar-refractivity contribution in [2.24, 2.45) is 11.8 Å². The monoisotopic (exact) mass is 716 g/mol. The lowest BCUT2D eigenvalue weighted by Gasteiger charge is -2.27. The van der Waals surface area contributed by atoms with Gasteiger partial charge < -0.3 is 35.1 Å². The Morgan fingerprint density at radius 3 is 2.61 bits per heavy atom. The van der Waals surface area contributed by atoms with E-state index in [2.05, 4.69) is 54.4 Å². The Hall–Kier alpha value is -2.58. The molecule has 0 aromatic carbocycles. The highest BCUT2D eigenvalue weighted by atomic mass is 32.7. The summed E-state index contributed by atoms with van der Waals surface area (Å²) in [5, 5.41) is 11.5. The van der Waals surface area contributed by atoms with E-state index < -0.39 is 67.4 Å². The number of aliphatic hydroxyl groups excluding tert-OH is 1. The molecular weight excluding hydrogens is 686 g/mol. The Morgan fingerprint density at radius 2 is 1.83 bits per heavy atom. The maximum atomic E-state index is 14.0. The smallest absolute Gasteiger partial charge is 0.386 e. The topological polar surface area (TPSA) is 260 Å². The van der Waals surface area contributed by atoms with Gasteiger partial charge in [0.05, 0.1) is 38.0 Å². The summed E-state index contributed by atoms with van der Waals surface area (Å²) in [5.41, 5.74) is 12.1. The molecule has 19 nitrogen and oxygen atoms in total. The van der Waals surface area contributed by atoms with Crippen molar-refractivity contribution >= 4 is 72.0 Å². The van der Waals surface area contributed by atoms with Crippen LogP contribution in [0.15, 0.2) is 23.8 Å². The van der Waals surface area contributed by atoms with Crippen LogP contribution in [-0.2, 0) is 32.2 Å². The third-order valence-corrected chi connectivity index (χ3v) is 12.4. The van der Waals surface area contributed by atoms with Crippen LogP contribution in [0.3, 0.4) is 0 Å². The first-order valence-electron chi connectivity index (χ1n) is 14.0. The fourth-order valence-electron chi connectivity index (χ4n) is 6.52. The predicted molar refractivity (Wildman–Crippen MR) is 168 cm³/mol. The molecule has 2 bridgehead atoms. The average Bonchev–Trinajstić information content (AvgIpc) is 3.75. The maximum Gasteiger partial charge on any atom is 0.386 e. The number of nitrogens with zero attached hydrogens (tertiary/aromatic N) is 7. The van der Waals surface area contributed by atoms with Crippen molar-refractivity contribution in [3.8, 4) is 0 Å². The molecule has 10 atom stereocenters. The lowest BCUT2D eigenvalue weighted by atomic mass is 10.0. The number of aliphatic hydroxyl groups is 1. The van der Waals surface area contributed by atoms with Gasteiger partial charge in [-0.25, -0.2) is 24.5 Å².